The molecule has 0 bridgehead atoms. The summed E-state index contributed by atoms with van der Waals surface area (Å²) in [5, 5.41) is 0. The van der Waals surface area contributed by atoms with Crippen LogP contribution in [0.4, 0.5) is 0 Å². The zero-order chi connectivity index (χ0) is 17.7. The van der Waals surface area contributed by atoms with Crippen molar-refractivity contribution in [3.8, 4) is 0 Å². The molecular weight excluding hydrogens is 280 g/mol. The maximum Gasteiger partial charge on any atom is 0.121 e. The first kappa shape index (κ1) is 19.5. The van der Waals surface area contributed by atoms with E-state index >= 15 is 0 Å². The lowest BCUT2D eigenvalue weighted by Crippen LogP contribution is -2.10. The van der Waals surface area contributed by atoms with Gasteiger partial charge in [0.25, 0.3) is 0 Å². The minimum Gasteiger partial charge on any atom is -0.493 e. The van der Waals surface area contributed by atoms with Crippen LogP contribution < -0.4 is 0 Å². The van der Waals surface area contributed by atoms with Crippen LogP contribution in [0.3, 0.4) is 0 Å². The Labute approximate surface area is 143 Å². The number of rotatable bonds is 7. The highest BCUT2D eigenvalue weighted by atomic mass is 16.5. The van der Waals surface area contributed by atoms with Gasteiger partial charge in [-0.25, -0.2) is 0 Å². The second kappa shape index (κ2) is 8.38. The Morgan fingerprint density at radius 1 is 0.913 bits per heavy atom. The molecule has 1 atom stereocenters. The summed E-state index contributed by atoms with van der Waals surface area (Å²) in [6.07, 6.45) is 3.68. The van der Waals surface area contributed by atoms with Crippen LogP contribution in [-0.2, 0) is 4.74 Å². The van der Waals surface area contributed by atoms with E-state index in [1.165, 1.54) is 22.3 Å². The van der Waals surface area contributed by atoms with Crippen LogP contribution >= 0.6 is 0 Å². The molecule has 128 valence electrons. The molecule has 0 aromatic heterocycles. The summed E-state index contributed by atoms with van der Waals surface area (Å²) in [4.78, 5) is 0. The monoisotopic (exact) mass is 314 g/mol. The lowest BCUT2D eigenvalue weighted by Gasteiger charge is -2.26. The lowest BCUT2D eigenvalue weighted by molar-refractivity contribution is 0.160. The van der Waals surface area contributed by atoms with Gasteiger partial charge in [-0.2, -0.15) is 0 Å². The Kier molecular flexibility index (Phi) is 7.12. The van der Waals surface area contributed by atoms with Crippen molar-refractivity contribution in [1.82, 2.24) is 0 Å². The molecule has 0 spiro atoms. The van der Waals surface area contributed by atoms with Crippen molar-refractivity contribution < 1.29 is 4.74 Å². The second-order valence-electron chi connectivity index (χ2n) is 7.42. The molecular formula is C22H34O. The molecule has 1 nitrogen and oxygen atoms in total. The van der Waals surface area contributed by atoms with E-state index in [0.717, 1.165) is 5.57 Å². The van der Waals surface area contributed by atoms with Gasteiger partial charge in [0.2, 0.25) is 0 Å². The average molecular weight is 315 g/mol. The quantitative estimate of drug-likeness (QED) is 0.381. The van der Waals surface area contributed by atoms with Gasteiger partial charge >= 0.3 is 0 Å². The van der Waals surface area contributed by atoms with Crippen LogP contribution in [0, 0.1) is 0 Å². The van der Waals surface area contributed by atoms with E-state index in [9.17, 15) is 0 Å². The number of allylic oxidation sites excluding steroid dienone is 2. The first-order chi connectivity index (χ1) is 10.7. The SMILES string of the molecule is C=C/C(C)=C/O[C@@H](C)c1c(C(C)C)cc(C(C)C)cc1C(C)C. The maximum atomic E-state index is 6.03. The van der Waals surface area contributed by atoms with E-state index < -0.39 is 0 Å². The van der Waals surface area contributed by atoms with Gasteiger partial charge in [-0.3, -0.25) is 0 Å². The molecule has 0 saturated carbocycles. The van der Waals surface area contributed by atoms with Gasteiger partial charge in [-0.05, 0) is 59.4 Å². The number of ether oxygens (including phenoxy) is 1. The van der Waals surface area contributed by atoms with E-state index in [1.54, 1.807) is 0 Å². The van der Waals surface area contributed by atoms with Crippen molar-refractivity contribution in [3.63, 3.8) is 0 Å². The fraction of sp³-hybridized carbons (Fsp3) is 0.545. The van der Waals surface area contributed by atoms with Crippen LogP contribution in [0.1, 0.15) is 102 Å². The highest BCUT2D eigenvalue weighted by molar-refractivity contribution is 5.45. The number of benzene rings is 1. The largest absolute Gasteiger partial charge is 0.493 e. The zero-order valence-corrected chi connectivity index (χ0v) is 16.2. The minimum absolute atomic E-state index is 0.0425. The number of hydrogen-bond acceptors (Lipinski definition) is 1. The third-order valence-corrected chi connectivity index (χ3v) is 4.36. The lowest BCUT2D eigenvalue weighted by atomic mass is 9.82. The molecule has 1 rings (SSSR count). The molecule has 0 unspecified atom stereocenters. The molecule has 0 aliphatic heterocycles. The summed E-state index contributed by atoms with van der Waals surface area (Å²) in [5.74, 6) is 1.51. The summed E-state index contributed by atoms with van der Waals surface area (Å²) in [7, 11) is 0. The van der Waals surface area contributed by atoms with E-state index in [0.29, 0.717) is 17.8 Å². The standard InChI is InChI=1S/C22H34O/c1-10-17(8)13-23-18(9)22-20(15(4)5)11-19(14(2)3)12-21(22)16(6)7/h10-16,18H,1H2,2-9H3/b17-13+/t18-/m0/s1. The average Bonchev–Trinajstić information content (AvgIpc) is 2.50. The molecule has 23 heavy (non-hydrogen) atoms. The van der Waals surface area contributed by atoms with Crippen molar-refractivity contribution in [3.05, 3.63) is 58.9 Å². The van der Waals surface area contributed by atoms with Crippen LogP contribution in [0.25, 0.3) is 0 Å². The van der Waals surface area contributed by atoms with E-state index in [4.69, 9.17) is 4.74 Å². The van der Waals surface area contributed by atoms with E-state index in [-0.39, 0.29) is 6.10 Å². The van der Waals surface area contributed by atoms with Crippen molar-refractivity contribution >= 4 is 0 Å². The summed E-state index contributed by atoms with van der Waals surface area (Å²) in [6, 6.07) is 4.75. The van der Waals surface area contributed by atoms with E-state index in [1.807, 2.05) is 19.3 Å². The molecule has 0 aliphatic rings. The third kappa shape index (κ3) is 4.99. The number of hydrogen-bond donors (Lipinski definition) is 0. The van der Waals surface area contributed by atoms with Gasteiger partial charge in [0, 0.05) is 0 Å². The van der Waals surface area contributed by atoms with E-state index in [2.05, 4.69) is 67.2 Å². The Hall–Kier alpha value is -1.50. The van der Waals surface area contributed by atoms with Crippen LogP contribution in [0.2, 0.25) is 0 Å². The Balaban J connectivity index is 3.45. The summed E-state index contributed by atoms with van der Waals surface area (Å²) < 4.78 is 6.03. The zero-order valence-electron chi connectivity index (χ0n) is 16.2. The highest BCUT2D eigenvalue weighted by Crippen LogP contribution is 2.37. The molecule has 0 aliphatic carbocycles. The highest BCUT2D eigenvalue weighted by Gasteiger charge is 2.21. The summed E-state index contributed by atoms with van der Waals surface area (Å²) in [5.41, 5.74) is 6.65. The molecule has 0 fully saturated rings. The smallest absolute Gasteiger partial charge is 0.121 e. The third-order valence-electron chi connectivity index (χ3n) is 4.36. The van der Waals surface area contributed by atoms with Crippen molar-refractivity contribution in [2.75, 3.05) is 0 Å². The van der Waals surface area contributed by atoms with Crippen molar-refractivity contribution in [2.45, 2.75) is 79.2 Å². The molecule has 0 radical (unpaired) electrons. The summed E-state index contributed by atoms with van der Waals surface area (Å²) >= 11 is 0. The summed E-state index contributed by atoms with van der Waals surface area (Å²) in [6.45, 7) is 21.5. The Morgan fingerprint density at radius 3 is 1.74 bits per heavy atom. The first-order valence-electron chi connectivity index (χ1n) is 8.81. The predicted molar refractivity (Wildman–Crippen MR) is 102 cm³/mol. The van der Waals surface area contributed by atoms with Gasteiger partial charge < -0.3 is 4.74 Å². The molecule has 1 heteroatoms. The van der Waals surface area contributed by atoms with Gasteiger partial charge in [0.1, 0.15) is 6.10 Å². The topological polar surface area (TPSA) is 9.23 Å². The Morgan fingerprint density at radius 2 is 1.39 bits per heavy atom. The van der Waals surface area contributed by atoms with Crippen LogP contribution in [0.15, 0.2) is 36.6 Å². The van der Waals surface area contributed by atoms with Gasteiger partial charge in [0.15, 0.2) is 0 Å². The molecule has 0 N–H and O–H groups in total. The van der Waals surface area contributed by atoms with Gasteiger partial charge in [-0.1, -0.05) is 66.3 Å². The molecule has 1 aromatic rings. The normalized spacial score (nSPS) is 13.8. The van der Waals surface area contributed by atoms with Gasteiger partial charge in [-0.15, -0.1) is 0 Å². The molecule has 1 aromatic carbocycles. The van der Waals surface area contributed by atoms with Gasteiger partial charge in [0.05, 0.1) is 6.26 Å². The molecule has 0 amide bonds. The second-order valence-corrected chi connectivity index (χ2v) is 7.42. The van der Waals surface area contributed by atoms with Crippen LogP contribution in [0.5, 0.6) is 0 Å². The molecule has 0 saturated heterocycles. The van der Waals surface area contributed by atoms with Crippen molar-refractivity contribution in [1.29, 1.82) is 0 Å². The maximum absolute atomic E-state index is 6.03. The fourth-order valence-electron chi connectivity index (χ4n) is 2.81. The molecule has 0 heterocycles. The Bertz CT molecular complexity index is 532. The minimum atomic E-state index is 0.0425. The fourth-order valence-corrected chi connectivity index (χ4v) is 2.81. The first-order valence-corrected chi connectivity index (χ1v) is 8.81. The van der Waals surface area contributed by atoms with Crippen molar-refractivity contribution in [2.24, 2.45) is 0 Å². The predicted octanol–water partition coefficient (Wildman–Crippen LogP) is 7.22. The van der Waals surface area contributed by atoms with Crippen LogP contribution in [-0.4, -0.2) is 0 Å².